The molecule has 0 aromatic heterocycles. The lowest BCUT2D eigenvalue weighted by Crippen LogP contribution is -2.32. The molecule has 0 aromatic carbocycles. The zero-order valence-corrected chi connectivity index (χ0v) is 8.52. The third-order valence-corrected chi connectivity index (χ3v) is 2.33. The third kappa shape index (κ3) is 2.92. The van der Waals surface area contributed by atoms with E-state index in [4.69, 9.17) is 10.00 Å². The standard InChI is InChI=1S/C9H13N3O3/c1-15-3-2-12-5-7(4-8(12)13)9(14)11-6-10/h7H,2-5H2,1H3,(H,11,14). The van der Waals surface area contributed by atoms with Crippen LogP contribution in [0.3, 0.4) is 0 Å². The first-order valence-electron chi connectivity index (χ1n) is 4.64. The Morgan fingerprint density at radius 1 is 1.80 bits per heavy atom. The monoisotopic (exact) mass is 211 g/mol. The molecule has 1 aliphatic rings. The number of nitrogens with zero attached hydrogens (tertiary/aromatic N) is 2. The predicted molar refractivity (Wildman–Crippen MR) is 50.3 cm³/mol. The molecule has 1 aliphatic heterocycles. The van der Waals surface area contributed by atoms with E-state index in [-0.39, 0.29) is 18.2 Å². The molecule has 6 nitrogen and oxygen atoms in total. The van der Waals surface area contributed by atoms with E-state index in [9.17, 15) is 9.59 Å². The zero-order chi connectivity index (χ0) is 11.3. The summed E-state index contributed by atoms with van der Waals surface area (Å²) in [7, 11) is 1.56. The largest absolute Gasteiger partial charge is 0.383 e. The fourth-order valence-electron chi connectivity index (χ4n) is 1.52. The van der Waals surface area contributed by atoms with E-state index >= 15 is 0 Å². The van der Waals surface area contributed by atoms with Crippen LogP contribution in [0.1, 0.15) is 6.42 Å². The predicted octanol–water partition coefficient (Wildman–Crippen LogP) is -0.921. The summed E-state index contributed by atoms with van der Waals surface area (Å²) in [6, 6.07) is 0. The van der Waals surface area contributed by atoms with Crippen LogP contribution < -0.4 is 5.32 Å². The lowest BCUT2D eigenvalue weighted by Gasteiger charge is -2.14. The van der Waals surface area contributed by atoms with Gasteiger partial charge in [0.15, 0.2) is 6.19 Å². The second kappa shape index (κ2) is 5.32. The normalized spacial score (nSPS) is 20.1. The van der Waals surface area contributed by atoms with E-state index in [1.807, 2.05) is 5.32 Å². The average Bonchev–Trinajstić information content (AvgIpc) is 2.57. The van der Waals surface area contributed by atoms with Crippen molar-refractivity contribution in [3.63, 3.8) is 0 Å². The van der Waals surface area contributed by atoms with Crippen LogP contribution in [0, 0.1) is 17.4 Å². The minimum absolute atomic E-state index is 0.0647. The molecule has 0 bridgehead atoms. The van der Waals surface area contributed by atoms with E-state index in [0.717, 1.165) is 0 Å². The minimum atomic E-state index is -0.408. The molecule has 0 radical (unpaired) electrons. The Kier molecular flexibility index (Phi) is 4.06. The third-order valence-electron chi connectivity index (χ3n) is 2.33. The maximum atomic E-state index is 11.4. The maximum absolute atomic E-state index is 11.4. The first kappa shape index (κ1) is 11.5. The number of ether oxygens (including phenoxy) is 1. The van der Waals surface area contributed by atoms with Gasteiger partial charge in [-0.05, 0) is 0 Å². The molecule has 1 heterocycles. The Hall–Kier alpha value is -1.61. The number of rotatable bonds is 4. The van der Waals surface area contributed by atoms with Crippen LogP contribution in [-0.4, -0.2) is 43.5 Å². The number of carbonyl (C=O) groups is 2. The van der Waals surface area contributed by atoms with Gasteiger partial charge < -0.3 is 9.64 Å². The molecule has 0 spiro atoms. The second-order valence-electron chi connectivity index (χ2n) is 3.33. The topological polar surface area (TPSA) is 82.4 Å². The number of hydrogen-bond acceptors (Lipinski definition) is 4. The average molecular weight is 211 g/mol. The molecule has 0 saturated carbocycles. The summed E-state index contributed by atoms with van der Waals surface area (Å²) in [6.45, 7) is 1.32. The zero-order valence-electron chi connectivity index (χ0n) is 8.52. The number of nitrogens with one attached hydrogen (secondary N) is 1. The van der Waals surface area contributed by atoms with Gasteiger partial charge in [-0.2, -0.15) is 5.26 Å². The molecule has 1 rings (SSSR count). The van der Waals surface area contributed by atoms with Crippen LogP contribution in [-0.2, 0) is 14.3 Å². The number of methoxy groups -OCH3 is 1. The highest BCUT2D eigenvalue weighted by molar-refractivity contribution is 5.89. The molecule has 0 aliphatic carbocycles. The van der Waals surface area contributed by atoms with Crippen molar-refractivity contribution in [1.82, 2.24) is 10.2 Å². The Bertz CT molecular complexity index is 297. The number of amides is 2. The van der Waals surface area contributed by atoms with E-state index in [2.05, 4.69) is 0 Å². The maximum Gasteiger partial charge on any atom is 0.238 e. The molecular weight excluding hydrogens is 198 g/mol. The summed E-state index contributed by atoms with van der Waals surface area (Å²) in [5, 5.41) is 10.3. The molecule has 1 saturated heterocycles. The van der Waals surface area contributed by atoms with E-state index < -0.39 is 5.92 Å². The molecule has 1 atom stereocenters. The van der Waals surface area contributed by atoms with Gasteiger partial charge in [-0.3, -0.25) is 14.9 Å². The van der Waals surface area contributed by atoms with Gasteiger partial charge in [0.2, 0.25) is 11.8 Å². The van der Waals surface area contributed by atoms with Crippen LogP contribution in [0.25, 0.3) is 0 Å². The number of hydrogen-bond donors (Lipinski definition) is 1. The summed E-state index contributed by atoms with van der Waals surface area (Å²) in [5.41, 5.74) is 0. The van der Waals surface area contributed by atoms with Crippen molar-refractivity contribution >= 4 is 11.8 Å². The Balaban J connectivity index is 2.45. The van der Waals surface area contributed by atoms with Crippen LogP contribution >= 0.6 is 0 Å². The quantitative estimate of drug-likeness (QED) is 0.481. The summed E-state index contributed by atoms with van der Waals surface area (Å²) in [4.78, 5) is 24.2. The number of nitriles is 1. The molecule has 0 aromatic rings. The van der Waals surface area contributed by atoms with Gasteiger partial charge in [0.1, 0.15) is 0 Å². The van der Waals surface area contributed by atoms with Gasteiger partial charge in [0.05, 0.1) is 12.5 Å². The molecule has 1 fully saturated rings. The van der Waals surface area contributed by atoms with Gasteiger partial charge in [0.25, 0.3) is 0 Å². The van der Waals surface area contributed by atoms with E-state index in [0.29, 0.717) is 19.7 Å². The minimum Gasteiger partial charge on any atom is -0.383 e. The molecule has 1 unspecified atom stereocenters. The van der Waals surface area contributed by atoms with E-state index in [1.54, 1.807) is 18.2 Å². The molecule has 6 heteroatoms. The lowest BCUT2D eigenvalue weighted by atomic mass is 10.1. The lowest BCUT2D eigenvalue weighted by molar-refractivity contribution is -0.129. The van der Waals surface area contributed by atoms with Crippen molar-refractivity contribution in [3.8, 4) is 6.19 Å². The van der Waals surface area contributed by atoms with Crippen molar-refractivity contribution in [3.05, 3.63) is 0 Å². The van der Waals surface area contributed by atoms with Gasteiger partial charge in [-0.15, -0.1) is 0 Å². The molecular formula is C9H13N3O3. The van der Waals surface area contributed by atoms with E-state index in [1.165, 1.54) is 0 Å². The van der Waals surface area contributed by atoms with Crippen molar-refractivity contribution in [2.75, 3.05) is 26.8 Å². The molecule has 2 amide bonds. The Morgan fingerprint density at radius 3 is 3.13 bits per heavy atom. The fourth-order valence-corrected chi connectivity index (χ4v) is 1.52. The molecule has 15 heavy (non-hydrogen) atoms. The van der Waals surface area contributed by atoms with Crippen molar-refractivity contribution in [2.24, 2.45) is 5.92 Å². The van der Waals surface area contributed by atoms with Gasteiger partial charge in [-0.25, -0.2) is 0 Å². The summed E-state index contributed by atoms with van der Waals surface area (Å²) >= 11 is 0. The first-order chi connectivity index (χ1) is 7.19. The Morgan fingerprint density at radius 2 is 2.53 bits per heavy atom. The molecule has 1 N–H and O–H groups in total. The smallest absolute Gasteiger partial charge is 0.238 e. The van der Waals surface area contributed by atoms with Crippen LogP contribution in [0.4, 0.5) is 0 Å². The van der Waals surface area contributed by atoms with Gasteiger partial charge in [0, 0.05) is 26.6 Å². The molecule has 82 valence electrons. The van der Waals surface area contributed by atoms with Crippen molar-refractivity contribution < 1.29 is 14.3 Å². The van der Waals surface area contributed by atoms with Crippen LogP contribution in [0.2, 0.25) is 0 Å². The highest BCUT2D eigenvalue weighted by Crippen LogP contribution is 2.17. The fraction of sp³-hybridized carbons (Fsp3) is 0.667. The summed E-state index contributed by atoms with van der Waals surface area (Å²) < 4.78 is 4.85. The van der Waals surface area contributed by atoms with Gasteiger partial charge >= 0.3 is 0 Å². The Labute approximate surface area is 87.8 Å². The van der Waals surface area contributed by atoms with Crippen LogP contribution in [0.5, 0.6) is 0 Å². The van der Waals surface area contributed by atoms with Crippen LogP contribution in [0.15, 0.2) is 0 Å². The highest BCUT2D eigenvalue weighted by atomic mass is 16.5. The number of carbonyl (C=O) groups excluding carboxylic acids is 2. The highest BCUT2D eigenvalue weighted by Gasteiger charge is 2.33. The summed E-state index contributed by atoms with van der Waals surface area (Å²) in [5.74, 6) is -0.857. The second-order valence-corrected chi connectivity index (χ2v) is 3.33. The number of likely N-dealkylation sites (tertiary alicyclic amines) is 1. The van der Waals surface area contributed by atoms with Crippen molar-refractivity contribution in [1.29, 1.82) is 5.26 Å². The summed E-state index contributed by atoms with van der Waals surface area (Å²) in [6.07, 6.45) is 1.74. The SMILES string of the molecule is COCCN1CC(C(=O)NC#N)CC1=O. The first-order valence-corrected chi connectivity index (χ1v) is 4.64. The van der Waals surface area contributed by atoms with Crippen molar-refractivity contribution in [2.45, 2.75) is 6.42 Å². The van der Waals surface area contributed by atoms with Gasteiger partial charge in [-0.1, -0.05) is 0 Å².